The number of likely N-dealkylation sites (tertiary alicyclic amines) is 2. The quantitative estimate of drug-likeness (QED) is 0.798. The number of carbonyl (C=O) groups excluding carboxylic acids is 2. The number of ether oxygens (including phenoxy) is 2. The average molecular weight is 386 g/mol. The van der Waals surface area contributed by atoms with E-state index >= 15 is 0 Å². The molecule has 0 N–H and O–H groups in total. The van der Waals surface area contributed by atoms with Gasteiger partial charge in [0.1, 0.15) is 17.6 Å². The van der Waals surface area contributed by atoms with Crippen molar-refractivity contribution in [2.75, 3.05) is 26.7 Å². The van der Waals surface area contributed by atoms with Crippen molar-refractivity contribution in [3.05, 3.63) is 23.8 Å². The van der Waals surface area contributed by atoms with Gasteiger partial charge < -0.3 is 19.3 Å². The lowest BCUT2D eigenvalue weighted by Crippen LogP contribution is -2.41. The van der Waals surface area contributed by atoms with Crippen LogP contribution >= 0.6 is 0 Å². The fourth-order valence-electron chi connectivity index (χ4n) is 4.92. The highest BCUT2D eigenvalue weighted by Gasteiger charge is 2.39. The molecule has 0 spiro atoms. The van der Waals surface area contributed by atoms with E-state index in [1.165, 1.54) is 12.8 Å². The second kappa shape index (κ2) is 8.02. The van der Waals surface area contributed by atoms with E-state index in [-0.39, 0.29) is 17.9 Å². The molecule has 6 heteroatoms. The van der Waals surface area contributed by atoms with E-state index in [4.69, 9.17) is 9.47 Å². The number of hydrogen-bond donors (Lipinski definition) is 0. The maximum atomic E-state index is 13.4. The molecule has 3 fully saturated rings. The molecule has 1 aromatic carbocycles. The Labute approximate surface area is 166 Å². The Morgan fingerprint density at radius 3 is 2.57 bits per heavy atom. The Balaban J connectivity index is 1.52. The third kappa shape index (κ3) is 3.82. The van der Waals surface area contributed by atoms with Gasteiger partial charge in [-0.25, -0.2) is 0 Å². The molecule has 6 nitrogen and oxygen atoms in total. The molecular weight excluding hydrogens is 356 g/mol. The van der Waals surface area contributed by atoms with Crippen LogP contribution in [0.5, 0.6) is 11.5 Å². The van der Waals surface area contributed by atoms with Gasteiger partial charge in [-0.05, 0) is 43.4 Å². The van der Waals surface area contributed by atoms with Gasteiger partial charge in [-0.2, -0.15) is 0 Å². The zero-order chi connectivity index (χ0) is 19.7. The summed E-state index contributed by atoms with van der Waals surface area (Å²) in [6.45, 7) is 3.87. The summed E-state index contributed by atoms with van der Waals surface area (Å²) >= 11 is 0. The highest BCUT2D eigenvalue weighted by atomic mass is 16.5. The molecule has 28 heavy (non-hydrogen) atoms. The van der Waals surface area contributed by atoms with Crippen LogP contribution in [0, 0.1) is 5.92 Å². The molecule has 2 saturated heterocycles. The number of rotatable bonds is 4. The van der Waals surface area contributed by atoms with Gasteiger partial charge in [-0.15, -0.1) is 0 Å². The van der Waals surface area contributed by atoms with Crippen LogP contribution in [0.4, 0.5) is 0 Å². The van der Waals surface area contributed by atoms with Crippen molar-refractivity contribution in [2.45, 2.75) is 57.6 Å². The Hall–Kier alpha value is -2.24. The summed E-state index contributed by atoms with van der Waals surface area (Å²) in [5.41, 5.74) is 0.598. The number of benzene rings is 1. The standard InChI is InChI=1S/C22H30N2O4/c1-15(25)23-10-8-18(9-11-23)28-21-7-6-19(27-2)13-20(21)22(26)24-14-16-4-3-5-17(24)12-16/h6-7,13,16-18H,3-5,8-12,14H2,1-2H3/t16-,17+/m1/s1. The van der Waals surface area contributed by atoms with Crippen molar-refractivity contribution in [2.24, 2.45) is 5.92 Å². The summed E-state index contributed by atoms with van der Waals surface area (Å²) in [6.07, 6.45) is 6.28. The third-order valence-corrected chi connectivity index (χ3v) is 6.51. The van der Waals surface area contributed by atoms with Gasteiger partial charge >= 0.3 is 0 Å². The number of carbonyl (C=O) groups is 2. The lowest BCUT2D eigenvalue weighted by atomic mass is 9.90. The lowest BCUT2D eigenvalue weighted by molar-refractivity contribution is -0.130. The van der Waals surface area contributed by atoms with Crippen LogP contribution in [0.25, 0.3) is 0 Å². The molecular formula is C22H30N2O4. The molecule has 0 unspecified atom stereocenters. The molecule has 152 valence electrons. The monoisotopic (exact) mass is 386 g/mol. The van der Waals surface area contributed by atoms with E-state index in [1.807, 2.05) is 23.1 Å². The Bertz CT molecular complexity index is 742. The molecule has 0 radical (unpaired) electrons. The lowest BCUT2D eigenvalue weighted by Gasteiger charge is -2.32. The Kier molecular flexibility index (Phi) is 5.47. The van der Waals surface area contributed by atoms with Crippen molar-refractivity contribution in [1.29, 1.82) is 0 Å². The van der Waals surface area contributed by atoms with Crippen LogP contribution in [0.15, 0.2) is 18.2 Å². The Morgan fingerprint density at radius 2 is 1.89 bits per heavy atom. The van der Waals surface area contributed by atoms with Crippen LogP contribution in [0.3, 0.4) is 0 Å². The molecule has 0 aromatic heterocycles. The fourth-order valence-corrected chi connectivity index (χ4v) is 4.92. The van der Waals surface area contributed by atoms with Gasteiger partial charge in [0.2, 0.25) is 5.91 Å². The van der Waals surface area contributed by atoms with Crippen LogP contribution in [-0.4, -0.2) is 60.5 Å². The zero-order valence-corrected chi connectivity index (χ0v) is 16.9. The predicted octanol–water partition coefficient (Wildman–Crippen LogP) is 3.10. The molecule has 2 aliphatic heterocycles. The second-order valence-electron chi connectivity index (χ2n) is 8.33. The molecule has 2 amide bonds. The highest BCUT2D eigenvalue weighted by molar-refractivity contribution is 5.97. The number of hydrogen-bond acceptors (Lipinski definition) is 4. The SMILES string of the molecule is COc1ccc(OC2CCN(C(C)=O)CC2)c(C(=O)N2C[C@@H]3CCC[C@H]2C3)c1. The van der Waals surface area contributed by atoms with Gasteiger partial charge in [-0.1, -0.05) is 6.42 Å². The molecule has 1 saturated carbocycles. The molecule has 3 aliphatic rings. The normalized spacial score (nSPS) is 24.9. The van der Waals surface area contributed by atoms with Gasteiger partial charge in [0.15, 0.2) is 0 Å². The molecule has 2 bridgehead atoms. The predicted molar refractivity (Wildman–Crippen MR) is 106 cm³/mol. The average Bonchev–Trinajstić information content (AvgIpc) is 3.01. The van der Waals surface area contributed by atoms with E-state index in [9.17, 15) is 9.59 Å². The minimum atomic E-state index is 0.0216. The van der Waals surface area contributed by atoms with E-state index in [0.29, 0.717) is 42.1 Å². The Morgan fingerprint density at radius 1 is 1.11 bits per heavy atom. The summed E-state index contributed by atoms with van der Waals surface area (Å²) < 4.78 is 11.6. The largest absolute Gasteiger partial charge is 0.497 e. The summed E-state index contributed by atoms with van der Waals surface area (Å²) in [6, 6.07) is 5.87. The number of methoxy groups -OCH3 is 1. The molecule has 2 atom stereocenters. The van der Waals surface area contributed by atoms with Gasteiger partial charge in [0.05, 0.1) is 12.7 Å². The van der Waals surface area contributed by atoms with Crippen LogP contribution in [0.2, 0.25) is 0 Å². The topological polar surface area (TPSA) is 59.1 Å². The minimum absolute atomic E-state index is 0.0216. The van der Waals surface area contributed by atoms with Crippen molar-refractivity contribution in [3.8, 4) is 11.5 Å². The summed E-state index contributed by atoms with van der Waals surface area (Å²) in [5.74, 6) is 2.12. The maximum absolute atomic E-state index is 13.4. The summed E-state index contributed by atoms with van der Waals surface area (Å²) in [5, 5.41) is 0. The first-order valence-corrected chi connectivity index (χ1v) is 10.5. The van der Waals surface area contributed by atoms with E-state index in [0.717, 1.165) is 32.2 Å². The molecule has 1 aromatic rings. The smallest absolute Gasteiger partial charge is 0.258 e. The number of fused-ring (bicyclic) bond motifs is 2. The van der Waals surface area contributed by atoms with Gasteiger partial charge in [0, 0.05) is 45.4 Å². The maximum Gasteiger partial charge on any atom is 0.258 e. The van der Waals surface area contributed by atoms with Crippen molar-refractivity contribution < 1.29 is 19.1 Å². The summed E-state index contributed by atoms with van der Waals surface area (Å²) in [7, 11) is 1.62. The fraction of sp³-hybridized carbons (Fsp3) is 0.636. The van der Waals surface area contributed by atoms with Gasteiger partial charge in [0.25, 0.3) is 5.91 Å². The van der Waals surface area contributed by atoms with Crippen molar-refractivity contribution >= 4 is 11.8 Å². The second-order valence-corrected chi connectivity index (χ2v) is 8.33. The first kappa shape index (κ1) is 19.1. The number of nitrogens with zero attached hydrogens (tertiary/aromatic N) is 2. The van der Waals surface area contributed by atoms with E-state index in [1.54, 1.807) is 14.0 Å². The third-order valence-electron chi connectivity index (χ3n) is 6.51. The first-order valence-electron chi connectivity index (χ1n) is 10.5. The summed E-state index contributed by atoms with van der Waals surface area (Å²) in [4.78, 5) is 28.8. The van der Waals surface area contributed by atoms with Crippen molar-refractivity contribution in [3.63, 3.8) is 0 Å². The van der Waals surface area contributed by atoms with E-state index in [2.05, 4.69) is 4.90 Å². The zero-order valence-electron chi connectivity index (χ0n) is 16.9. The first-order chi connectivity index (χ1) is 13.5. The minimum Gasteiger partial charge on any atom is -0.497 e. The van der Waals surface area contributed by atoms with E-state index < -0.39 is 0 Å². The van der Waals surface area contributed by atoms with Crippen LogP contribution in [-0.2, 0) is 4.79 Å². The van der Waals surface area contributed by atoms with Gasteiger partial charge in [-0.3, -0.25) is 9.59 Å². The van der Waals surface area contributed by atoms with Crippen LogP contribution in [0.1, 0.15) is 55.8 Å². The molecule has 2 heterocycles. The highest BCUT2D eigenvalue weighted by Crippen LogP contribution is 2.38. The number of amides is 2. The van der Waals surface area contributed by atoms with Crippen LogP contribution < -0.4 is 9.47 Å². The molecule has 4 rings (SSSR count). The molecule has 1 aliphatic carbocycles. The van der Waals surface area contributed by atoms with Crippen molar-refractivity contribution in [1.82, 2.24) is 9.80 Å². The number of piperidine rings is 1.